The summed E-state index contributed by atoms with van der Waals surface area (Å²) in [4.78, 5) is 19.3. The maximum atomic E-state index is 11.9. The molecule has 2 N–H and O–H groups in total. The smallest absolute Gasteiger partial charge is 0.326 e. The van der Waals surface area contributed by atoms with Crippen molar-refractivity contribution in [1.29, 1.82) is 0 Å². The molecule has 1 aromatic heterocycles. The third kappa shape index (κ3) is 1.90. The summed E-state index contributed by atoms with van der Waals surface area (Å²) in [6, 6.07) is 5.40. The van der Waals surface area contributed by atoms with Gasteiger partial charge in [0, 0.05) is 17.8 Å². The van der Waals surface area contributed by atoms with Gasteiger partial charge in [0.2, 0.25) is 0 Å². The topological polar surface area (TPSA) is 70.4 Å². The molecule has 2 atom stereocenters. The largest absolute Gasteiger partial charge is 0.386 e. The van der Waals surface area contributed by atoms with Gasteiger partial charge in [-0.25, -0.2) is 4.79 Å². The summed E-state index contributed by atoms with van der Waals surface area (Å²) in [5.74, 6) is 0. The van der Waals surface area contributed by atoms with Gasteiger partial charge in [-0.3, -0.25) is 9.56 Å². The molecule has 0 amide bonds. The van der Waals surface area contributed by atoms with Gasteiger partial charge in [0.15, 0.2) is 0 Å². The van der Waals surface area contributed by atoms with E-state index >= 15 is 0 Å². The molecule has 19 heavy (non-hydrogen) atoms. The Hall–Kier alpha value is -1.88. The van der Waals surface area contributed by atoms with Gasteiger partial charge in [0.25, 0.3) is 0 Å². The van der Waals surface area contributed by atoms with Gasteiger partial charge in [-0.2, -0.15) is 0 Å². The van der Waals surface area contributed by atoms with Crippen LogP contribution < -0.4 is 5.69 Å². The first kappa shape index (κ1) is 12.2. The SMILES string of the molecule is CC(C)=NC1CCn2c(=O)[nH]c3cccc(c32)C1O. The Morgan fingerprint density at radius 2 is 2.26 bits per heavy atom. The highest BCUT2D eigenvalue weighted by molar-refractivity contribution is 5.81. The second kappa shape index (κ2) is 4.35. The standard InChI is InChI=1S/C14H17N3O2/c1-8(2)15-11-6-7-17-12-9(13(11)18)4-3-5-10(12)16-14(17)19/h3-5,11,13,18H,6-7H2,1-2H3,(H,16,19). The summed E-state index contributed by atoms with van der Waals surface area (Å²) in [6.07, 6.45) is -0.00370. The molecule has 0 fully saturated rings. The van der Waals surface area contributed by atoms with Crippen molar-refractivity contribution in [2.45, 2.75) is 39.0 Å². The van der Waals surface area contributed by atoms with Crippen LogP contribution in [-0.4, -0.2) is 26.4 Å². The van der Waals surface area contributed by atoms with E-state index in [1.165, 1.54) is 0 Å². The Kier molecular flexibility index (Phi) is 2.78. The van der Waals surface area contributed by atoms with Crippen molar-refractivity contribution < 1.29 is 5.11 Å². The second-order valence-electron chi connectivity index (χ2n) is 5.20. The molecule has 0 spiro atoms. The number of hydrogen-bond acceptors (Lipinski definition) is 3. The first-order valence-electron chi connectivity index (χ1n) is 6.48. The number of nitrogens with zero attached hydrogens (tertiary/aromatic N) is 2. The Balaban J connectivity index is 2.22. The lowest BCUT2D eigenvalue weighted by molar-refractivity contribution is 0.145. The first-order chi connectivity index (χ1) is 9.08. The summed E-state index contributed by atoms with van der Waals surface area (Å²) in [5.41, 5.74) is 3.19. The zero-order valence-corrected chi connectivity index (χ0v) is 11.1. The Morgan fingerprint density at radius 3 is 3.00 bits per heavy atom. The molecule has 2 aromatic rings. The van der Waals surface area contributed by atoms with Gasteiger partial charge >= 0.3 is 5.69 Å². The molecule has 0 saturated carbocycles. The number of aliphatic hydroxyl groups excluding tert-OH is 1. The summed E-state index contributed by atoms with van der Waals surface area (Å²) in [5, 5.41) is 10.5. The number of nitrogens with one attached hydrogen (secondary N) is 1. The molecule has 1 aliphatic heterocycles. The van der Waals surface area contributed by atoms with Crippen molar-refractivity contribution >= 4 is 16.7 Å². The quantitative estimate of drug-likeness (QED) is 0.764. The number of H-pyrrole nitrogens is 1. The fraction of sp³-hybridized carbons (Fsp3) is 0.429. The number of rotatable bonds is 1. The van der Waals surface area contributed by atoms with Crippen molar-refractivity contribution in [2.24, 2.45) is 4.99 Å². The van der Waals surface area contributed by atoms with Gasteiger partial charge in [0.1, 0.15) is 6.10 Å². The monoisotopic (exact) mass is 259 g/mol. The number of imidazole rings is 1. The van der Waals surface area contributed by atoms with Crippen LogP contribution in [0.5, 0.6) is 0 Å². The van der Waals surface area contributed by atoms with Gasteiger partial charge in [-0.1, -0.05) is 12.1 Å². The van der Waals surface area contributed by atoms with Gasteiger partial charge in [-0.05, 0) is 26.3 Å². The Bertz CT molecular complexity index is 707. The third-order valence-corrected chi connectivity index (χ3v) is 3.58. The van der Waals surface area contributed by atoms with E-state index in [1.807, 2.05) is 32.0 Å². The number of aryl methyl sites for hydroxylation is 1. The lowest BCUT2D eigenvalue weighted by Gasteiger charge is -2.17. The minimum Gasteiger partial charge on any atom is -0.386 e. The second-order valence-corrected chi connectivity index (χ2v) is 5.20. The molecule has 2 unspecified atom stereocenters. The molecule has 5 nitrogen and oxygen atoms in total. The molecule has 0 radical (unpaired) electrons. The molecule has 1 aliphatic rings. The minimum absolute atomic E-state index is 0.118. The van der Waals surface area contributed by atoms with E-state index in [2.05, 4.69) is 9.98 Å². The van der Waals surface area contributed by atoms with Crippen LogP contribution in [0.4, 0.5) is 0 Å². The third-order valence-electron chi connectivity index (χ3n) is 3.58. The molecule has 2 heterocycles. The molecular formula is C14H17N3O2. The number of aromatic amines is 1. The summed E-state index contributed by atoms with van der Waals surface area (Å²) in [7, 11) is 0. The number of aromatic nitrogens is 2. The fourth-order valence-corrected chi connectivity index (χ4v) is 2.79. The van der Waals surface area contributed by atoms with Crippen LogP contribution in [0.1, 0.15) is 31.9 Å². The van der Waals surface area contributed by atoms with Crippen molar-refractivity contribution in [3.8, 4) is 0 Å². The highest BCUT2D eigenvalue weighted by Gasteiger charge is 2.27. The lowest BCUT2D eigenvalue weighted by Crippen LogP contribution is -2.20. The summed E-state index contributed by atoms with van der Waals surface area (Å²) < 4.78 is 1.70. The van der Waals surface area contributed by atoms with Crippen LogP contribution in [0, 0.1) is 0 Å². The summed E-state index contributed by atoms with van der Waals surface area (Å²) in [6.45, 7) is 4.42. The van der Waals surface area contributed by atoms with Gasteiger partial charge < -0.3 is 10.1 Å². The van der Waals surface area contributed by atoms with E-state index in [1.54, 1.807) is 4.57 Å². The van der Waals surface area contributed by atoms with E-state index in [0.717, 1.165) is 22.3 Å². The zero-order chi connectivity index (χ0) is 13.6. The lowest BCUT2D eigenvalue weighted by atomic mass is 10.0. The Labute approximate surface area is 110 Å². The molecular weight excluding hydrogens is 242 g/mol. The highest BCUT2D eigenvalue weighted by atomic mass is 16.3. The molecule has 3 rings (SSSR count). The van der Waals surface area contributed by atoms with Gasteiger partial charge in [-0.15, -0.1) is 0 Å². The van der Waals surface area contributed by atoms with E-state index in [9.17, 15) is 9.90 Å². The average Bonchev–Trinajstić information content (AvgIpc) is 2.61. The van der Waals surface area contributed by atoms with Crippen LogP contribution in [0.3, 0.4) is 0 Å². The van der Waals surface area contributed by atoms with E-state index < -0.39 is 6.10 Å². The molecule has 100 valence electrons. The molecule has 0 aliphatic carbocycles. The minimum atomic E-state index is -0.664. The predicted molar refractivity (Wildman–Crippen MR) is 74.7 cm³/mol. The van der Waals surface area contributed by atoms with Crippen LogP contribution in [0.2, 0.25) is 0 Å². The first-order valence-corrected chi connectivity index (χ1v) is 6.48. The fourth-order valence-electron chi connectivity index (χ4n) is 2.79. The molecule has 0 saturated heterocycles. The number of aliphatic hydroxyl groups is 1. The average molecular weight is 259 g/mol. The number of hydrogen-bond donors (Lipinski definition) is 2. The molecule has 5 heteroatoms. The van der Waals surface area contributed by atoms with E-state index in [0.29, 0.717) is 13.0 Å². The predicted octanol–water partition coefficient (Wildman–Crippen LogP) is 1.62. The Morgan fingerprint density at radius 1 is 1.47 bits per heavy atom. The highest BCUT2D eigenvalue weighted by Crippen LogP contribution is 2.31. The van der Waals surface area contributed by atoms with E-state index in [-0.39, 0.29) is 11.7 Å². The van der Waals surface area contributed by atoms with Crippen molar-refractivity contribution in [3.05, 3.63) is 34.2 Å². The van der Waals surface area contributed by atoms with Crippen molar-refractivity contribution in [3.63, 3.8) is 0 Å². The van der Waals surface area contributed by atoms with Crippen LogP contribution in [0.25, 0.3) is 11.0 Å². The van der Waals surface area contributed by atoms with Crippen LogP contribution >= 0.6 is 0 Å². The normalized spacial score (nSPS) is 22.3. The van der Waals surface area contributed by atoms with Crippen LogP contribution in [0.15, 0.2) is 28.0 Å². The molecule has 1 aromatic carbocycles. The molecule has 0 bridgehead atoms. The maximum absolute atomic E-state index is 11.9. The van der Waals surface area contributed by atoms with Gasteiger partial charge in [0.05, 0.1) is 17.1 Å². The number of benzene rings is 1. The number of para-hydroxylation sites is 1. The zero-order valence-electron chi connectivity index (χ0n) is 11.1. The van der Waals surface area contributed by atoms with Crippen LogP contribution in [-0.2, 0) is 6.54 Å². The summed E-state index contributed by atoms with van der Waals surface area (Å²) >= 11 is 0. The van der Waals surface area contributed by atoms with Crippen molar-refractivity contribution in [2.75, 3.05) is 0 Å². The number of aliphatic imine (C=N–C) groups is 1. The maximum Gasteiger partial charge on any atom is 0.326 e. The van der Waals surface area contributed by atoms with E-state index in [4.69, 9.17) is 0 Å². The van der Waals surface area contributed by atoms with Crippen molar-refractivity contribution in [1.82, 2.24) is 9.55 Å².